The first-order valence-corrected chi connectivity index (χ1v) is 13.2. The quantitative estimate of drug-likeness (QED) is 0.204. The molecular weight excluding hydrogens is 572 g/mol. The molecule has 0 atom stereocenters. The normalized spacial score (nSPS) is 11.2. The molecule has 5 aromatic rings. The molecule has 200 valence electrons. The van der Waals surface area contributed by atoms with Crippen molar-refractivity contribution in [2.75, 3.05) is 7.11 Å². The van der Waals surface area contributed by atoms with Crippen LogP contribution < -0.4 is 15.4 Å². The van der Waals surface area contributed by atoms with Crippen molar-refractivity contribution in [2.24, 2.45) is 0 Å². The molecule has 2 amide bonds. The Morgan fingerprint density at radius 3 is 2.42 bits per heavy atom. The van der Waals surface area contributed by atoms with Crippen molar-refractivity contribution in [2.45, 2.75) is 6.54 Å². The standard InChI is InChI=1S/C31H25BrN4O4/c1-39-28-15-14-22(17-26(28)32)29-23(20-36(35-29)24-11-6-3-7-12-24)18-27(31(38)33-19-25-13-8-16-40-25)34-30(37)21-9-4-2-5-10-21/h2-18,20H,19H2,1H3,(H,33,38)(H,34,37)/b27-18-. The fourth-order valence-corrected chi connectivity index (χ4v) is 4.56. The molecule has 40 heavy (non-hydrogen) atoms. The lowest BCUT2D eigenvalue weighted by Gasteiger charge is -2.11. The number of nitrogens with zero attached hydrogens (tertiary/aromatic N) is 2. The molecule has 0 spiro atoms. The maximum atomic E-state index is 13.4. The molecule has 5 rings (SSSR count). The van der Waals surface area contributed by atoms with Crippen molar-refractivity contribution in [3.63, 3.8) is 0 Å². The molecule has 0 bridgehead atoms. The number of amides is 2. The molecule has 3 aromatic carbocycles. The average Bonchev–Trinajstić information content (AvgIpc) is 3.67. The van der Waals surface area contributed by atoms with Gasteiger partial charge in [-0.15, -0.1) is 0 Å². The molecule has 0 radical (unpaired) electrons. The van der Waals surface area contributed by atoms with E-state index < -0.39 is 11.8 Å². The summed E-state index contributed by atoms with van der Waals surface area (Å²) in [6.07, 6.45) is 4.97. The molecule has 0 saturated carbocycles. The first kappa shape index (κ1) is 26.7. The number of carbonyl (C=O) groups excluding carboxylic acids is 2. The summed E-state index contributed by atoms with van der Waals surface area (Å²) in [6.45, 7) is 0.159. The highest BCUT2D eigenvalue weighted by atomic mass is 79.9. The van der Waals surface area contributed by atoms with Gasteiger partial charge in [-0.3, -0.25) is 9.59 Å². The molecular formula is C31H25BrN4O4. The zero-order chi connectivity index (χ0) is 27.9. The smallest absolute Gasteiger partial charge is 0.268 e. The van der Waals surface area contributed by atoms with Crippen molar-refractivity contribution in [3.8, 4) is 22.7 Å². The molecule has 8 nitrogen and oxygen atoms in total. The third kappa shape index (κ3) is 6.22. The third-order valence-electron chi connectivity index (χ3n) is 6.02. The van der Waals surface area contributed by atoms with E-state index in [9.17, 15) is 9.59 Å². The second-order valence-electron chi connectivity index (χ2n) is 8.70. The van der Waals surface area contributed by atoms with Crippen LogP contribution in [0, 0.1) is 0 Å². The molecule has 2 N–H and O–H groups in total. The van der Waals surface area contributed by atoms with Gasteiger partial charge >= 0.3 is 0 Å². The molecule has 0 unspecified atom stereocenters. The van der Waals surface area contributed by atoms with Crippen molar-refractivity contribution < 1.29 is 18.7 Å². The van der Waals surface area contributed by atoms with Crippen molar-refractivity contribution in [1.29, 1.82) is 0 Å². The summed E-state index contributed by atoms with van der Waals surface area (Å²) in [7, 11) is 1.60. The predicted octanol–water partition coefficient (Wildman–Crippen LogP) is 5.99. The summed E-state index contributed by atoms with van der Waals surface area (Å²) in [6, 6.07) is 27.5. The Labute approximate surface area is 239 Å². The molecule has 0 fully saturated rings. The summed E-state index contributed by atoms with van der Waals surface area (Å²) < 4.78 is 13.2. The molecule has 2 heterocycles. The van der Waals surface area contributed by atoms with Crippen molar-refractivity contribution in [3.05, 3.63) is 131 Å². The number of methoxy groups -OCH3 is 1. The minimum Gasteiger partial charge on any atom is -0.496 e. The van der Waals surface area contributed by atoms with E-state index in [1.807, 2.05) is 60.8 Å². The Morgan fingerprint density at radius 2 is 1.75 bits per heavy atom. The van der Waals surface area contributed by atoms with E-state index in [-0.39, 0.29) is 12.2 Å². The number of carbonyl (C=O) groups is 2. The van der Waals surface area contributed by atoms with Crippen LogP contribution in [0.5, 0.6) is 5.75 Å². The van der Waals surface area contributed by atoms with Crippen LogP contribution in [-0.2, 0) is 11.3 Å². The van der Waals surface area contributed by atoms with Gasteiger partial charge in [0.05, 0.1) is 30.1 Å². The van der Waals surface area contributed by atoms with E-state index in [0.29, 0.717) is 28.3 Å². The molecule has 9 heteroatoms. The summed E-state index contributed by atoms with van der Waals surface area (Å²) in [4.78, 5) is 26.5. The average molecular weight is 597 g/mol. The van der Waals surface area contributed by atoms with Crippen LogP contribution in [-0.4, -0.2) is 28.7 Å². The van der Waals surface area contributed by atoms with Gasteiger partial charge in [0, 0.05) is 22.9 Å². The maximum Gasteiger partial charge on any atom is 0.268 e. The van der Waals surface area contributed by atoms with E-state index in [2.05, 4.69) is 26.6 Å². The van der Waals surface area contributed by atoms with Crippen LogP contribution >= 0.6 is 15.9 Å². The third-order valence-corrected chi connectivity index (χ3v) is 6.64. The van der Waals surface area contributed by atoms with E-state index in [0.717, 1.165) is 15.7 Å². The van der Waals surface area contributed by atoms with Crippen LogP contribution in [0.15, 0.2) is 118 Å². The second-order valence-corrected chi connectivity index (χ2v) is 9.56. The summed E-state index contributed by atoms with van der Waals surface area (Å²) in [5, 5.41) is 10.4. The molecule has 0 saturated heterocycles. The van der Waals surface area contributed by atoms with E-state index >= 15 is 0 Å². The number of hydrogen-bond acceptors (Lipinski definition) is 5. The SMILES string of the molecule is COc1ccc(-c2nn(-c3ccccc3)cc2/C=C(\NC(=O)c2ccccc2)C(=O)NCc2ccco2)cc1Br. The Balaban J connectivity index is 1.58. The topological polar surface area (TPSA) is 98.4 Å². The number of para-hydroxylation sites is 1. The molecule has 0 aliphatic carbocycles. The van der Waals surface area contributed by atoms with Crippen molar-refractivity contribution in [1.82, 2.24) is 20.4 Å². The van der Waals surface area contributed by atoms with Crippen LogP contribution in [0.3, 0.4) is 0 Å². The predicted molar refractivity (Wildman–Crippen MR) is 156 cm³/mol. The Bertz CT molecular complexity index is 1650. The zero-order valence-electron chi connectivity index (χ0n) is 21.5. The highest BCUT2D eigenvalue weighted by molar-refractivity contribution is 9.10. The highest BCUT2D eigenvalue weighted by Crippen LogP contribution is 2.32. The van der Waals surface area contributed by atoms with Gasteiger partial charge in [0.15, 0.2) is 0 Å². The number of aromatic nitrogens is 2. The van der Waals surface area contributed by atoms with Gasteiger partial charge < -0.3 is 19.8 Å². The van der Waals surface area contributed by atoms with E-state index in [1.54, 1.807) is 54.3 Å². The van der Waals surface area contributed by atoms with Crippen molar-refractivity contribution >= 4 is 33.8 Å². The summed E-state index contributed by atoms with van der Waals surface area (Å²) in [5.74, 6) is 0.374. The van der Waals surface area contributed by atoms with Crippen LogP contribution in [0.2, 0.25) is 0 Å². The van der Waals surface area contributed by atoms with Crippen LogP contribution in [0.25, 0.3) is 23.0 Å². The van der Waals surface area contributed by atoms with Gasteiger partial charge in [0.1, 0.15) is 22.9 Å². The van der Waals surface area contributed by atoms with Gasteiger partial charge in [-0.1, -0.05) is 36.4 Å². The van der Waals surface area contributed by atoms with E-state index in [1.165, 1.54) is 6.26 Å². The van der Waals surface area contributed by atoms with Gasteiger partial charge in [0.25, 0.3) is 11.8 Å². The lowest BCUT2D eigenvalue weighted by atomic mass is 10.1. The number of furan rings is 1. The monoisotopic (exact) mass is 596 g/mol. The maximum absolute atomic E-state index is 13.4. The second kappa shape index (κ2) is 12.3. The summed E-state index contributed by atoms with van der Waals surface area (Å²) in [5.41, 5.74) is 3.34. The molecule has 0 aliphatic heterocycles. The lowest BCUT2D eigenvalue weighted by Crippen LogP contribution is -2.34. The molecule has 2 aromatic heterocycles. The van der Waals surface area contributed by atoms with E-state index in [4.69, 9.17) is 14.3 Å². The molecule has 0 aliphatic rings. The zero-order valence-corrected chi connectivity index (χ0v) is 23.1. The fraction of sp³-hybridized carbons (Fsp3) is 0.0645. The van der Waals surface area contributed by atoms with Gasteiger partial charge in [-0.05, 0) is 76.6 Å². The highest BCUT2D eigenvalue weighted by Gasteiger charge is 2.19. The number of ether oxygens (including phenoxy) is 1. The van der Waals surface area contributed by atoms with Gasteiger partial charge in [0.2, 0.25) is 0 Å². The first-order chi connectivity index (χ1) is 19.5. The summed E-state index contributed by atoms with van der Waals surface area (Å²) >= 11 is 3.55. The first-order valence-electron chi connectivity index (χ1n) is 12.4. The fourth-order valence-electron chi connectivity index (χ4n) is 4.02. The van der Waals surface area contributed by atoms with Crippen LogP contribution in [0.4, 0.5) is 0 Å². The Hall–Kier alpha value is -4.89. The number of rotatable bonds is 9. The minimum absolute atomic E-state index is 0.0573. The number of nitrogens with one attached hydrogen (secondary N) is 2. The number of benzene rings is 3. The number of hydrogen-bond donors (Lipinski definition) is 2. The lowest BCUT2D eigenvalue weighted by molar-refractivity contribution is -0.118. The van der Waals surface area contributed by atoms with Gasteiger partial charge in [-0.2, -0.15) is 5.10 Å². The Kier molecular flexibility index (Phi) is 8.22. The minimum atomic E-state index is -0.477. The van der Waals surface area contributed by atoms with Crippen LogP contribution in [0.1, 0.15) is 21.7 Å². The van der Waals surface area contributed by atoms with Gasteiger partial charge in [-0.25, -0.2) is 4.68 Å². The Morgan fingerprint density at radius 1 is 1.00 bits per heavy atom. The number of halogens is 1. The largest absolute Gasteiger partial charge is 0.496 e.